The van der Waals surface area contributed by atoms with Crippen molar-refractivity contribution in [2.75, 3.05) is 13.7 Å². The van der Waals surface area contributed by atoms with Crippen LogP contribution in [0.25, 0.3) is 0 Å². The SMILES string of the molecule is CCOc1ccccc1C(=O)Oc1ccc2c(c1)OC(N)=C(C#N)C2c1ccc(OCc2ccc(C)cc2)c(OC)c1. The van der Waals surface area contributed by atoms with Crippen molar-refractivity contribution in [3.63, 3.8) is 0 Å². The fraction of sp³-hybridized carbons (Fsp3) is 0.176. The van der Waals surface area contributed by atoms with Crippen LogP contribution in [-0.2, 0) is 6.61 Å². The standard InChI is InChI=1S/C34H30N2O6/c1-4-39-28-8-6-5-7-26(28)34(37)41-24-14-15-25-30(18-24)42-33(36)27(19-35)32(25)23-13-16-29(31(17-23)38-3)40-20-22-11-9-21(2)10-12-22/h5-18,32H,4,20,36H2,1-3H3. The summed E-state index contributed by atoms with van der Waals surface area (Å²) in [5.41, 5.74) is 10.4. The highest BCUT2D eigenvalue weighted by Gasteiger charge is 2.32. The molecule has 1 aliphatic heterocycles. The zero-order valence-electron chi connectivity index (χ0n) is 23.5. The van der Waals surface area contributed by atoms with Crippen LogP contribution >= 0.6 is 0 Å². The molecule has 1 heterocycles. The lowest BCUT2D eigenvalue weighted by atomic mass is 9.83. The largest absolute Gasteiger partial charge is 0.493 e. The number of nitrogens with zero attached hydrogens (tertiary/aromatic N) is 1. The highest BCUT2D eigenvalue weighted by molar-refractivity contribution is 5.94. The number of aryl methyl sites for hydroxylation is 1. The third-order valence-corrected chi connectivity index (χ3v) is 6.84. The smallest absolute Gasteiger partial charge is 0.347 e. The van der Waals surface area contributed by atoms with E-state index in [2.05, 4.69) is 6.07 Å². The molecular formula is C34H30N2O6. The fourth-order valence-corrected chi connectivity index (χ4v) is 4.75. The molecule has 5 rings (SSSR count). The number of hydrogen-bond donors (Lipinski definition) is 1. The van der Waals surface area contributed by atoms with Crippen molar-refractivity contribution in [2.45, 2.75) is 26.4 Å². The molecule has 0 saturated carbocycles. The maximum absolute atomic E-state index is 12.9. The number of methoxy groups -OCH3 is 1. The molecule has 212 valence electrons. The maximum Gasteiger partial charge on any atom is 0.347 e. The second-order valence-corrected chi connectivity index (χ2v) is 9.63. The van der Waals surface area contributed by atoms with Crippen molar-refractivity contribution < 1.29 is 28.5 Å². The number of fused-ring (bicyclic) bond motifs is 1. The molecule has 0 saturated heterocycles. The Labute approximate surface area is 244 Å². The van der Waals surface area contributed by atoms with Crippen molar-refractivity contribution in [3.05, 3.63) is 124 Å². The Morgan fingerprint density at radius 2 is 1.74 bits per heavy atom. The number of nitriles is 1. The number of benzene rings is 4. The molecule has 1 unspecified atom stereocenters. The molecule has 42 heavy (non-hydrogen) atoms. The van der Waals surface area contributed by atoms with E-state index in [0.29, 0.717) is 47.3 Å². The van der Waals surface area contributed by atoms with Crippen LogP contribution in [0.3, 0.4) is 0 Å². The van der Waals surface area contributed by atoms with E-state index in [1.807, 2.05) is 56.3 Å². The molecule has 8 nitrogen and oxygen atoms in total. The Balaban J connectivity index is 1.42. The average Bonchev–Trinajstić information content (AvgIpc) is 3.00. The van der Waals surface area contributed by atoms with Gasteiger partial charge in [0.1, 0.15) is 41.1 Å². The number of para-hydroxylation sites is 1. The van der Waals surface area contributed by atoms with Gasteiger partial charge < -0.3 is 29.4 Å². The third kappa shape index (κ3) is 5.86. The van der Waals surface area contributed by atoms with E-state index in [9.17, 15) is 10.1 Å². The summed E-state index contributed by atoms with van der Waals surface area (Å²) in [5.74, 6) is 1.01. The number of carbonyl (C=O) groups excluding carboxylic acids is 1. The summed E-state index contributed by atoms with van der Waals surface area (Å²) in [4.78, 5) is 12.9. The number of carbonyl (C=O) groups is 1. The number of ether oxygens (including phenoxy) is 5. The molecule has 8 heteroatoms. The van der Waals surface area contributed by atoms with Crippen LogP contribution in [0.15, 0.2) is 96.4 Å². The van der Waals surface area contributed by atoms with Crippen LogP contribution < -0.4 is 29.4 Å². The van der Waals surface area contributed by atoms with Crippen molar-refractivity contribution in [2.24, 2.45) is 5.73 Å². The van der Waals surface area contributed by atoms with Gasteiger partial charge in [-0.05, 0) is 55.3 Å². The molecular weight excluding hydrogens is 532 g/mol. The van der Waals surface area contributed by atoms with Gasteiger partial charge in [-0.15, -0.1) is 0 Å². The van der Waals surface area contributed by atoms with Gasteiger partial charge >= 0.3 is 5.97 Å². The third-order valence-electron chi connectivity index (χ3n) is 6.84. The summed E-state index contributed by atoms with van der Waals surface area (Å²) in [6.07, 6.45) is 0. The minimum atomic E-state index is -0.571. The lowest BCUT2D eigenvalue weighted by Crippen LogP contribution is -2.21. The molecule has 1 aliphatic rings. The van der Waals surface area contributed by atoms with E-state index in [4.69, 9.17) is 29.4 Å². The predicted octanol–water partition coefficient (Wildman–Crippen LogP) is 6.42. The molecule has 2 N–H and O–H groups in total. The van der Waals surface area contributed by atoms with E-state index < -0.39 is 11.9 Å². The second kappa shape index (κ2) is 12.4. The Kier molecular flexibility index (Phi) is 8.30. The zero-order valence-corrected chi connectivity index (χ0v) is 23.5. The number of hydrogen-bond acceptors (Lipinski definition) is 8. The highest BCUT2D eigenvalue weighted by atomic mass is 16.5. The monoisotopic (exact) mass is 562 g/mol. The fourth-order valence-electron chi connectivity index (χ4n) is 4.75. The predicted molar refractivity (Wildman–Crippen MR) is 157 cm³/mol. The Morgan fingerprint density at radius 3 is 2.48 bits per heavy atom. The Bertz CT molecular complexity index is 1690. The molecule has 0 fully saturated rings. The van der Waals surface area contributed by atoms with E-state index in [0.717, 1.165) is 11.1 Å². The van der Waals surface area contributed by atoms with E-state index in [-0.39, 0.29) is 17.2 Å². The lowest BCUT2D eigenvalue weighted by Gasteiger charge is -2.27. The molecule has 0 radical (unpaired) electrons. The molecule has 0 amide bonds. The van der Waals surface area contributed by atoms with Crippen LogP contribution in [0, 0.1) is 18.3 Å². The summed E-state index contributed by atoms with van der Waals surface area (Å²) >= 11 is 0. The lowest BCUT2D eigenvalue weighted by molar-refractivity contribution is 0.0730. The molecule has 0 bridgehead atoms. The normalized spacial score (nSPS) is 13.8. The summed E-state index contributed by atoms with van der Waals surface area (Å²) in [6, 6.07) is 27.7. The van der Waals surface area contributed by atoms with Crippen molar-refractivity contribution in [1.82, 2.24) is 0 Å². The maximum atomic E-state index is 12.9. The average molecular weight is 563 g/mol. The zero-order chi connectivity index (χ0) is 29.6. The molecule has 0 aliphatic carbocycles. The molecule has 0 aromatic heterocycles. The first-order chi connectivity index (χ1) is 20.4. The minimum Gasteiger partial charge on any atom is -0.493 e. The summed E-state index contributed by atoms with van der Waals surface area (Å²) in [5, 5.41) is 9.99. The van der Waals surface area contributed by atoms with Crippen molar-refractivity contribution >= 4 is 5.97 Å². The van der Waals surface area contributed by atoms with Crippen LogP contribution in [0.4, 0.5) is 0 Å². The highest BCUT2D eigenvalue weighted by Crippen LogP contribution is 2.45. The van der Waals surface area contributed by atoms with Crippen LogP contribution in [0.1, 0.15) is 45.5 Å². The van der Waals surface area contributed by atoms with Crippen molar-refractivity contribution in [1.29, 1.82) is 5.26 Å². The summed E-state index contributed by atoms with van der Waals surface area (Å²) in [6.45, 7) is 4.67. The van der Waals surface area contributed by atoms with Gasteiger partial charge in [0.25, 0.3) is 0 Å². The molecule has 0 spiro atoms. The second-order valence-electron chi connectivity index (χ2n) is 9.63. The Morgan fingerprint density at radius 1 is 0.952 bits per heavy atom. The van der Waals surface area contributed by atoms with Gasteiger partial charge in [0.15, 0.2) is 11.5 Å². The number of nitrogens with two attached hydrogens (primary N) is 1. The van der Waals surface area contributed by atoms with E-state index >= 15 is 0 Å². The summed E-state index contributed by atoms with van der Waals surface area (Å²) < 4.78 is 28.7. The van der Waals surface area contributed by atoms with Crippen LogP contribution in [0.5, 0.6) is 28.7 Å². The number of esters is 1. The van der Waals surface area contributed by atoms with Gasteiger partial charge in [0.05, 0.1) is 19.6 Å². The topological polar surface area (TPSA) is 113 Å². The minimum absolute atomic E-state index is 0.0289. The van der Waals surface area contributed by atoms with Gasteiger partial charge in [-0.1, -0.05) is 54.1 Å². The van der Waals surface area contributed by atoms with Gasteiger partial charge in [-0.2, -0.15) is 5.26 Å². The van der Waals surface area contributed by atoms with Gasteiger partial charge in [-0.3, -0.25) is 0 Å². The van der Waals surface area contributed by atoms with Crippen molar-refractivity contribution in [3.8, 4) is 34.8 Å². The van der Waals surface area contributed by atoms with Gasteiger partial charge in [0.2, 0.25) is 5.88 Å². The first-order valence-corrected chi connectivity index (χ1v) is 13.4. The summed E-state index contributed by atoms with van der Waals surface area (Å²) in [7, 11) is 1.56. The molecule has 4 aromatic rings. The Hall–Kier alpha value is -5.42. The first-order valence-electron chi connectivity index (χ1n) is 13.4. The van der Waals surface area contributed by atoms with E-state index in [1.165, 1.54) is 5.56 Å². The number of rotatable bonds is 9. The number of allylic oxidation sites excluding steroid dienone is 1. The van der Waals surface area contributed by atoms with Crippen LogP contribution in [0.2, 0.25) is 0 Å². The van der Waals surface area contributed by atoms with E-state index in [1.54, 1.807) is 49.6 Å². The quantitative estimate of drug-likeness (QED) is 0.184. The molecule has 4 aromatic carbocycles. The van der Waals surface area contributed by atoms with Gasteiger partial charge in [-0.25, -0.2) is 4.79 Å². The van der Waals surface area contributed by atoms with Gasteiger partial charge in [0, 0.05) is 11.6 Å². The first kappa shape index (κ1) is 28.1. The van der Waals surface area contributed by atoms with Crippen LogP contribution in [-0.4, -0.2) is 19.7 Å². The molecule has 1 atom stereocenters.